The van der Waals surface area contributed by atoms with Crippen molar-refractivity contribution in [3.05, 3.63) is 95.1 Å². The van der Waals surface area contributed by atoms with Crippen molar-refractivity contribution in [2.24, 2.45) is 10.8 Å². The van der Waals surface area contributed by atoms with Crippen LogP contribution in [0.2, 0.25) is 0 Å². The highest BCUT2D eigenvalue weighted by molar-refractivity contribution is 6.01. The highest BCUT2D eigenvalue weighted by Crippen LogP contribution is 2.26. The summed E-state index contributed by atoms with van der Waals surface area (Å²) in [5.41, 5.74) is 1.85. The quantitative estimate of drug-likeness (QED) is 0.199. The van der Waals surface area contributed by atoms with E-state index in [1.54, 1.807) is 72.8 Å². The molecule has 3 aromatic carbocycles. The van der Waals surface area contributed by atoms with E-state index in [0.29, 0.717) is 47.6 Å². The van der Waals surface area contributed by atoms with Gasteiger partial charge in [0.15, 0.2) is 0 Å². The molecular formula is C44H58N6O8. The van der Waals surface area contributed by atoms with Gasteiger partial charge in [0.05, 0.1) is 13.2 Å². The van der Waals surface area contributed by atoms with Crippen LogP contribution in [0.4, 0.5) is 5.69 Å². The van der Waals surface area contributed by atoms with Crippen LogP contribution in [-0.4, -0.2) is 80.9 Å². The predicted octanol–water partition coefficient (Wildman–Crippen LogP) is 4.28. The molecule has 0 saturated carbocycles. The van der Waals surface area contributed by atoms with Gasteiger partial charge in [0, 0.05) is 56.3 Å². The molecule has 0 saturated heterocycles. The van der Waals surface area contributed by atoms with E-state index >= 15 is 0 Å². The van der Waals surface area contributed by atoms with E-state index < -0.39 is 23.4 Å². The van der Waals surface area contributed by atoms with E-state index in [4.69, 9.17) is 9.47 Å². The first kappa shape index (κ1) is 44.9. The summed E-state index contributed by atoms with van der Waals surface area (Å²) in [6.07, 6.45) is 1.26. The third-order valence-electron chi connectivity index (χ3n) is 9.45. The lowest BCUT2D eigenvalue weighted by Crippen LogP contribution is -2.49. The van der Waals surface area contributed by atoms with Gasteiger partial charge < -0.3 is 41.4 Å². The summed E-state index contributed by atoms with van der Waals surface area (Å²) < 4.78 is 10.8. The monoisotopic (exact) mass is 798 g/mol. The molecule has 6 N–H and O–H groups in total. The fourth-order valence-corrected chi connectivity index (χ4v) is 6.29. The number of carbonyl (C=O) groups excluding carboxylic acids is 6. The van der Waals surface area contributed by atoms with Crippen molar-refractivity contribution in [2.45, 2.75) is 85.4 Å². The molecule has 4 aliphatic heterocycles. The topological polar surface area (TPSA) is 193 Å². The molecule has 0 spiro atoms. The molecule has 7 rings (SSSR count). The second kappa shape index (κ2) is 21.1. The summed E-state index contributed by atoms with van der Waals surface area (Å²) in [6.45, 7) is 10.9. The van der Waals surface area contributed by atoms with Crippen LogP contribution < -0.4 is 36.6 Å². The molecule has 58 heavy (non-hydrogen) atoms. The summed E-state index contributed by atoms with van der Waals surface area (Å²) in [4.78, 5) is 79.6. The molecule has 4 heterocycles. The number of carbonyl (C=O) groups is 6. The van der Waals surface area contributed by atoms with Gasteiger partial charge in [0.25, 0.3) is 11.8 Å². The lowest BCUT2D eigenvalue weighted by Gasteiger charge is -2.25. The minimum absolute atomic E-state index is 0.0121. The fraction of sp³-hybridized carbons (Fsp3) is 0.455. The third-order valence-corrected chi connectivity index (χ3v) is 9.45. The van der Waals surface area contributed by atoms with Crippen LogP contribution in [0.5, 0.6) is 5.75 Å². The van der Waals surface area contributed by atoms with Crippen LogP contribution in [0.1, 0.15) is 92.1 Å². The SMILES string of the molecule is COCCNC(=O)[C@@H]1Cc2ccc(cc2)NC(=O)C(CCC(C)(C)C)NC(=O)c2cccc(c2)CNC(=O)c2ccc(cc2)OCCNC(=O)CC(C)(C)CC(=O)N1. The Morgan fingerprint density at radius 1 is 0.845 bits per heavy atom. The summed E-state index contributed by atoms with van der Waals surface area (Å²) in [5, 5.41) is 17.2. The molecule has 14 nitrogen and oxygen atoms in total. The molecule has 1 unspecified atom stereocenters. The Labute approximate surface area is 341 Å². The molecule has 0 radical (unpaired) electrons. The summed E-state index contributed by atoms with van der Waals surface area (Å²) in [5.74, 6) is -1.64. The maximum absolute atomic E-state index is 13.7. The van der Waals surface area contributed by atoms with Crippen LogP contribution in [-0.2, 0) is 36.9 Å². The Morgan fingerprint density at radius 3 is 2.24 bits per heavy atom. The maximum Gasteiger partial charge on any atom is 0.251 e. The minimum atomic E-state index is -0.922. The molecule has 6 bridgehead atoms. The van der Waals surface area contributed by atoms with Crippen molar-refractivity contribution in [1.29, 1.82) is 0 Å². The summed E-state index contributed by atoms with van der Waals surface area (Å²) >= 11 is 0. The van der Waals surface area contributed by atoms with Gasteiger partial charge in [0.2, 0.25) is 23.6 Å². The summed E-state index contributed by atoms with van der Waals surface area (Å²) in [6, 6.07) is 18.6. The summed E-state index contributed by atoms with van der Waals surface area (Å²) in [7, 11) is 1.52. The molecule has 312 valence electrons. The van der Waals surface area contributed by atoms with Crippen molar-refractivity contribution in [3.63, 3.8) is 0 Å². The zero-order chi connectivity index (χ0) is 42.3. The molecule has 4 aliphatic rings. The van der Waals surface area contributed by atoms with E-state index in [2.05, 4.69) is 52.7 Å². The molecule has 0 fully saturated rings. The molecule has 0 aliphatic carbocycles. The minimum Gasteiger partial charge on any atom is -0.492 e. The first-order valence-electron chi connectivity index (χ1n) is 19.6. The first-order valence-corrected chi connectivity index (χ1v) is 19.6. The van der Waals surface area contributed by atoms with E-state index in [1.165, 1.54) is 7.11 Å². The number of benzene rings is 3. The van der Waals surface area contributed by atoms with Crippen LogP contribution in [0, 0.1) is 10.8 Å². The van der Waals surface area contributed by atoms with Gasteiger partial charge in [-0.3, -0.25) is 28.8 Å². The Bertz CT molecular complexity index is 1890. The average Bonchev–Trinajstić information content (AvgIpc) is 3.16. The predicted molar refractivity (Wildman–Crippen MR) is 221 cm³/mol. The maximum atomic E-state index is 13.7. The number of anilines is 1. The number of rotatable bonds is 6. The number of ether oxygens (including phenoxy) is 2. The molecular weight excluding hydrogens is 741 g/mol. The zero-order valence-electron chi connectivity index (χ0n) is 34.4. The Balaban J connectivity index is 1.58. The van der Waals surface area contributed by atoms with Crippen LogP contribution in [0.15, 0.2) is 72.8 Å². The smallest absolute Gasteiger partial charge is 0.251 e. The van der Waals surface area contributed by atoms with Crippen molar-refractivity contribution >= 4 is 41.1 Å². The number of amides is 6. The molecule has 3 aromatic rings. The average molecular weight is 799 g/mol. The van der Waals surface area contributed by atoms with Crippen molar-refractivity contribution in [1.82, 2.24) is 26.6 Å². The molecule has 2 atom stereocenters. The molecule has 0 aromatic heterocycles. The van der Waals surface area contributed by atoms with Crippen LogP contribution in [0.3, 0.4) is 0 Å². The second-order valence-electron chi connectivity index (χ2n) is 16.5. The Kier molecular flexibility index (Phi) is 16.4. The van der Waals surface area contributed by atoms with Gasteiger partial charge in [-0.05, 0) is 83.3 Å². The normalized spacial score (nSPS) is 19.0. The lowest BCUT2D eigenvalue weighted by atomic mass is 9.84. The van der Waals surface area contributed by atoms with Crippen LogP contribution >= 0.6 is 0 Å². The van der Waals surface area contributed by atoms with Crippen molar-refractivity contribution in [2.75, 3.05) is 38.7 Å². The second-order valence-corrected chi connectivity index (χ2v) is 16.5. The van der Waals surface area contributed by atoms with Gasteiger partial charge in [-0.1, -0.05) is 58.9 Å². The Hall–Kier alpha value is -5.76. The largest absolute Gasteiger partial charge is 0.492 e. The van der Waals surface area contributed by atoms with Gasteiger partial charge in [-0.15, -0.1) is 0 Å². The van der Waals surface area contributed by atoms with Gasteiger partial charge in [-0.2, -0.15) is 0 Å². The van der Waals surface area contributed by atoms with E-state index in [-0.39, 0.29) is 80.5 Å². The number of methoxy groups -OCH3 is 1. The van der Waals surface area contributed by atoms with E-state index in [0.717, 1.165) is 5.56 Å². The van der Waals surface area contributed by atoms with Crippen molar-refractivity contribution in [3.8, 4) is 5.75 Å². The van der Waals surface area contributed by atoms with Gasteiger partial charge in [-0.25, -0.2) is 0 Å². The number of hydrogen-bond acceptors (Lipinski definition) is 8. The lowest BCUT2D eigenvalue weighted by molar-refractivity contribution is -0.131. The fourth-order valence-electron chi connectivity index (χ4n) is 6.29. The highest BCUT2D eigenvalue weighted by Gasteiger charge is 2.29. The Morgan fingerprint density at radius 2 is 1.55 bits per heavy atom. The number of nitrogens with one attached hydrogen (secondary N) is 6. The first-order chi connectivity index (χ1) is 27.5. The van der Waals surface area contributed by atoms with Gasteiger partial charge >= 0.3 is 0 Å². The van der Waals surface area contributed by atoms with Crippen LogP contribution in [0.25, 0.3) is 0 Å². The van der Waals surface area contributed by atoms with E-state index in [1.807, 2.05) is 13.8 Å². The molecule has 14 heteroatoms. The van der Waals surface area contributed by atoms with Crippen molar-refractivity contribution < 1.29 is 38.2 Å². The standard InChI is InChI=1S/C44H58N6O8/c1-43(2,3)19-18-35-42(56)48-33-14-10-29(11-15-33)25-36(41(55)46-20-22-57-6)49-38(52)27-44(4,5)26-37(51)45-21-23-58-34-16-12-31(13-17-34)39(53)47-28-30-8-7-9-32(24-30)40(54)50-35/h7-17,24,35-36H,18-23,25-28H2,1-6H3,(H,45,51)(H,46,55)(H,47,53)(H,48,56)(H,49,52)(H,50,54)/t35?,36-/m0/s1. The highest BCUT2D eigenvalue weighted by atomic mass is 16.5. The van der Waals surface area contributed by atoms with E-state index in [9.17, 15) is 28.8 Å². The molecule has 6 amide bonds. The van der Waals surface area contributed by atoms with Gasteiger partial charge in [0.1, 0.15) is 24.4 Å². The third kappa shape index (κ3) is 15.3. The number of hydrogen-bond donors (Lipinski definition) is 6. The zero-order valence-corrected chi connectivity index (χ0v) is 34.4.